The topological polar surface area (TPSA) is 108 Å². The third-order valence-electron chi connectivity index (χ3n) is 3.86. The van der Waals surface area contributed by atoms with Crippen LogP contribution in [0.15, 0.2) is 12.1 Å². The zero-order chi connectivity index (χ0) is 15.5. The Hall–Kier alpha value is -2.17. The number of nitrogens with zero attached hydrogens (tertiary/aromatic N) is 5. The molecule has 3 N–H and O–H groups in total. The molecule has 8 heteroatoms. The average Bonchev–Trinajstić information content (AvgIpc) is 3.04. The summed E-state index contributed by atoms with van der Waals surface area (Å²) in [7, 11) is 0. The van der Waals surface area contributed by atoms with E-state index < -0.39 is 0 Å². The van der Waals surface area contributed by atoms with Gasteiger partial charge in [0.2, 0.25) is 0 Å². The first-order valence-corrected chi connectivity index (χ1v) is 7.52. The number of aromatic nitrogens is 4. The fraction of sp³-hybridized carbons (Fsp3) is 0.429. The molecule has 1 fully saturated rings. The monoisotopic (exact) mass is 317 g/mol. The molecule has 0 amide bonds. The van der Waals surface area contributed by atoms with Gasteiger partial charge in [0, 0.05) is 19.0 Å². The van der Waals surface area contributed by atoms with Crippen LogP contribution in [0.1, 0.15) is 36.1 Å². The van der Waals surface area contributed by atoms with E-state index in [4.69, 9.17) is 22.6 Å². The van der Waals surface area contributed by atoms with E-state index >= 15 is 0 Å². The summed E-state index contributed by atoms with van der Waals surface area (Å²) in [5.74, 6) is 2.67. The van der Waals surface area contributed by atoms with Crippen molar-refractivity contribution in [3.05, 3.63) is 34.5 Å². The Morgan fingerprint density at radius 1 is 1.36 bits per heavy atom. The van der Waals surface area contributed by atoms with E-state index in [1.54, 1.807) is 6.07 Å². The number of rotatable bonds is 3. The molecule has 3 heterocycles. The molecule has 0 unspecified atom stereocenters. The van der Waals surface area contributed by atoms with Crippen LogP contribution in [0.3, 0.4) is 0 Å². The second-order valence-corrected chi connectivity index (χ2v) is 5.62. The molecule has 0 spiro atoms. The summed E-state index contributed by atoms with van der Waals surface area (Å²) in [6, 6.07) is 5.58. The first-order valence-electron chi connectivity index (χ1n) is 7.14. The van der Waals surface area contributed by atoms with E-state index in [0.717, 1.165) is 43.4 Å². The SMILES string of the molecule is N#Cc1nc(N2CCC(c3n[nH]c(CN)n3)CC2)ccc1Cl. The van der Waals surface area contributed by atoms with Gasteiger partial charge >= 0.3 is 0 Å². The van der Waals surface area contributed by atoms with Crippen molar-refractivity contribution in [3.8, 4) is 6.07 Å². The molecule has 0 bridgehead atoms. The third kappa shape index (κ3) is 2.89. The van der Waals surface area contributed by atoms with Gasteiger partial charge in [0.1, 0.15) is 17.7 Å². The largest absolute Gasteiger partial charge is 0.357 e. The minimum Gasteiger partial charge on any atom is -0.357 e. The smallest absolute Gasteiger partial charge is 0.161 e. The van der Waals surface area contributed by atoms with Gasteiger partial charge in [0.15, 0.2) is 11.5 Å². The first-order chi connectivity index (χ1) is 10.7. The van der Waals surface area contributed by atoms with Crippen LogP contribution in [0, 0.1) is 11.3 Å². The molecule has 3 rings (SSSR count). The number of halogens is 1. The average molecular weight is 318 g/mol. The summed E-state index contributed by atoms with van der Waals surface area (Å²) in [6.45, 7) is 2.06. The summed E-state index contributed by atoms with van der Waals surface area (Å²) in [5.41, 5.74) is 5.81. The fourth-order valence-electron chi connectivity index (χ4n) is 2.64. The maximum atomic E-state index is 9.01. The van der Waals surface area contributed by atoms with Crippen molar-refractivity contribution in [3.63, 3.8) is 0 Å². The van der Waals surface area contributed by atoms with Crippen LogP contribution < -0.4 is 10.6 Å². The van der Waals surface area contributed by atoms with Crippen molar-refractivity contribution < 1.29 is 0 Å². The van der Waals surface area contributed by atoms with Gasteiger partial charge in [-0.15, -0.1) is 0 Å². The van der Waals surface area contributed by atoms with E-state index in [0.29, 0.717) is 17.5 Å². The molecule has 1 saturated heterocycles. The second-order valence-electron chi connectivity index (χ2n) is 5.22. The van der Waals surface area contributed by atoms with Crippen LogP contribution in [0.5, 0.6) is 0 Å². The van der Waals surface area contributed by atoms with Crippen molar-refractivity contribution >= 4 is 17.4 Å². The standard InChI is InChI=1S/C14H16ClN7/c15-10-1-2-13(18-11(10)7-16)22-5-3-9(4-6-22)14-19-12(8-17)20-21-14/h1-2,9H,3-6,8,17H2,(H,19,20,21). The Morgan fingerprint density at radius 3 is 2.77 bits per heavy atom. The van der Waals surface area contributed by atoms with Gasteiger partial charge in [-0.05, 0) is 25.0 Å². The zero-order valence-electron chi connectivity index (χ0n) is 12.0. The molecule has 1 aliphatic rings. The van der Waals surface area contributed by atoms with Gasteiger partial charge in [-0.3, -0.25) is 5.10 Å². The lowest BCUT2D eigenvalue weighted by atomic mass is 9.96. The number of H-pyrrole nitrogens is 1. The molecule has 2 aromatic heterocycles. The Labute approximate surface area is 133 Å². The number of hydrogen-bond donors (Lipinski definition) is 2. The molecule has 2 aromatic rings. The highest BCUT2D eigenvalue weighted by atomic mass is 35.5. The van der Waals surface area contributed by atoms with Crippen LogP contribution in [-0.4, -0.2) is 33.3 Å². The number of nitrogens with two attached hydrogens (primary N) is 1. The maximum absolute atomic E-state index is 9.01. The van der Waals surface area contributed by atoms with Gasteiger partial charge in [0.25, 0.3) is 0 Å². The molecule has 7 nitrogen and oxygen atoms in total. The molecule has 22 heavy (non-hydrogen) atoms. The molecule has 114 valence electrons. The van der Waals surface area contributed by atoms with Gasteiger partial charge < -0.3 is 10.6 Å². The zero-order valence-corrected chi connectivity index (χ0v) is 12.7. The van der Waals surface area contributed by atoms with Crippen molar-refractivity contribution in [2.24, 2.45) is 5.73 Å². The fourth-order valence-corrected chi connectivity index (χ4v) is 2.78. The summed E-state index contributed by atoms with van der Waals surface area (Å²) < 4.78 is 0. The summed E-state index contributed by atoms with van der Waals surface area (Å²) in [4.78, 5) is 10.9. The van der Waals surface area contributed by atoms with E-state index in [9.17, 15) is 0 Å². The number of nitriles is 1. The number of piperidine rings is 1. The number of anilines is 1. The van der Waals surface area contributed by atoms with Crippen molar-refractivity contribution in [1.82, 2.24) is 20.2 Å². The highest BCUT2D eigenvalue weighted by molar-refractivity contribution is 6.31. The van der Waals surface area contributed by atoms with Gasteiger partial charge in [-0.25, -0.2) is 9.97 Å². The molecule has 1 aliphatic heterocycles. The van der Waals surface area contributed by atoms with Crippen LogP contribution in [0.2, 0.25) is 5.02 Å². The summed E-state index contributed by atoms with van der Waals surface area (Å²) >= 11 is 5.92. The summed E-state index contributed by atoms with van der Waals surface area (Å²) in [6.07, 6.45) is 1.88. The van der Waals surface area contributed by atoms with Gasteiger partial charge in [0.05, 0.1) is 11.6 Å². The van der Waals surface area contributed by atoms with Crippen LogP contribution in [0.4, 0.5) is 5.82 Å². The normalized spacial score (nSPS) is 15.8. The highest BCUT2D eigenvalue weighted by Gasteiger charge is 2.24. The summed E-state index contributed by atoms with van der Waals surface area (Å²) in [5, 5.41) is 16.5. The quantitative estimate of drug-likeness (QED) is 0.889. The van der Waals surface area contributed by atoms with Crippen LogP contribution in [-0.2, 0) is 6.54 Å². The molecule has 0 saturated carbocycles. The Balaban J connectivity index is 1.68. The number of hydrogen-bond acceptors (Lipinski definition) is 6. The van der Waals surface area contributed by atoms with Crippen LogP contribution >= 0.6 is 11.6 Å². The minimum absolute atomic E-state index is 0.267. The van der Waals surface area contributed by atoms with Crippen molar-refractivity contribution in [1.29, 1.82) is 5.26 Å². The maximum Gasteiger partial charge on any atom is 0.161 e. The van der Waals surface area contributed by atoms with Crippen molar-refractivity contribution in [2.45, 2.75) is 25.3 Å². The second kappa shape index (κ2) is 6.30. The Kier molecular flexibility index (Phi) is 4.22. The Morgan fingerprint density at radius 2 is 2.14 bits per heavy atom. The first kappa shape index (κ1) is 14.8. The van der Waals surface area contributed by atoms with Crippen LogP contribution in [0.25, 0.3) is 0 Å². The number of nitrogens with one attached hydrogen (secondary N) is 1. The number of pyridine rings is 1. The number of aromatic amines is 1. The molecular formula is C14H16ClN7. The van der Waals surface area contributed by atoms with Gasteiger partial charge in [-0.2, -0.15) is 10.4 Å². The van der Waals surface area contributed by atoms with E-state index in [1.165, 1.54) is 0 Å². The van der Waals surface area contributed by atoms with E-state index in [-0.39, 0.29) is 5.69 Å². The van der Waals surface area contributed by atoms with E-state index in [2.05, 4.69) is 25.1 Å². The third-order valence-corrected chi connectivity index (χ3v) is 4.17. The van der Waals surface area contributed by atoms with Gasteiger partial charge in [-0.1, -0.05) is 11.6 Å². The molecule has 0 aromatic carbocycles. The predicted octanol–water partition coefficient (Wildman–Crippen LogP) is 1.57. The lowest BCUT2D eigenvalue weighted by Gasteiger charge is -2.31. The van der Waals surface area contributed by atoms with Crippen molar-refractivity contribution in [2.75, 3.05) is 18.0 Å². The van der Waals surface area contributed by atoms with E-state index in [1.807, 2.05) is 12.1 Å². The minimum atomic E-state index is 0.267. The predicted molar refractivity (Wildman–Crippen MR) is 82.4 cm³/mol. The highest BCUT2D eigenvalue weighted by Crippen LogP contribution is 2.28. The molecule has 0 radical (unpaired) electrons. The lowest BCUT2D eigenvalue weighted by Crippen LogP contribution is -2.33. The lowest BCUT2D eigenvalue weighted by molar-refractivity contribution is 0.484. The Bertz CT molecular complexity index is 697. The molecule has 0 atom stereocenters. The molecule has 0 aliphatic carbocycles. The molecular weight excluding hydrogens is 302 g/mol.